The Morgan fingerprint density at radius 3 is 2.29 bits per heavy atom. The van der Waals surface area contributed by atoms with Crippen LogP contribution < -0.4 is 4.40 Å². The lowest BCUT2D eigenvalue weighted by atomic mass is 10.0. The van der Waals surface area contributed by atoms with Crippen LogP contribution in [0, 0.1) is 0 Å². The Morgan fingerprint density at radius 2 is 1.46 bits per heavy atom. The second-order valence-electron chi connectivity index (χ2n) is 6.22. The van der Waals surface area contributed by atoms with Gasteiger partial charge in [-0.2, -0.15) is 4.40 Å². The number of aryl methyl sites for hydroxylation is 1. The van der Waals surface area contributed by atoms with Gasteiger partial charge < -0.3 is 4.57 Å². The largest absolute Gasteiger partial charge is 0.344 e. The van der Waals surface area contributed by atoms with Crippen LogP contribution in [-0.2, 0) is 7.05 Å². The first-order chi connectivity index (χ1) is 11.8. The van der Waals surface area contributed by atoms with Crippen molar-refractivity contribution in [2.24, 2.45) is 7.05 Å². The Bertz CT molecular complexity index is 1200. The Kier molecular flexibility index (Phi) is 2.74. The summed E-state index contributed by atoms with van der Waals surface area (Å²) >= 11 is 0. The van der Waals surface area contributed by atoms with Gasteiger partial charge in [0.1, 0.15) is 5.52 Å². The van der Waals surface area contributed by atoms with E-state index in [4.69, 9.17) is 0 Å². The molecule has 24 heavy (non-hydrogen) atoms. The van der Waals surface area contributed by atoms with Gasteiger partial charge in [0.05, 0.1) is 10.9 Å². The first-order valence-electron chi connectivity index (χ1n) is 8.20. The highest BCUT2D eigenvalue weighted by atomic mass is 15.0. The predicted molar refractivity (Wildman–Crippen MR) is 99.0 cm³/mol. The van der Waals surface area contributed by atoms with Crippen molar-refractivity contribution in [1.82, 2.24) is 4.57 Å². The van der Waals surface area contributed by atoms with Gasteiger partial charge in [0.2, 0.25) is 11.0 Å². The molecule has 0 saturated heterocycles. The molecule has 0 aliphatic carbocycles. The first-order valence-corrected chi connectivity index (χ1v) is 8.20. The maximum atomic E-state index is 2.32. The van der Waals surface area contributed by atoms with Crippen molar-refractivity contribution in [1.29, 1.82) is 0 Å². The topological polar surface area (TPSA) is 9.03 Å². The molecule has 0 atom stereocenters. The fraction of sp³-hybridized carbons (Fsp3) is 0.0455. The lowest BCUT2D eigenvalue weighted by Gasteiger charge is -2.04. The third kappa shape index (κ3) is 1.74. The van der Waals surface area contributed by atoms with Crippen LogP contribution in [-0.4, -0.2) is 4.57 Å². The van der Waals surface area contributed by atoms with E-state index in [0.29, 0.717) is 0 Å². The zero-order valence-electron chi connectivity index (χ0n) is 13.5. The standard InChI is InChI=1S/C22H17N2/c1-23-15-19(16-9-3-2-4-10-16)22-21(23)18-12-6-5-11-17(18)20-13-7-8-14-24(20)22/h2-15H,1H3/q+1. The minimum atomic E-state index is 1.24. The third-order valence-corrected chi connectivity index (χ3v) is 4.80. The van der Waals surface area contributed by atoms with Gasteiger partial charge in [0, 0.05) is 30.8 Å². The zero-order chi connectivity index (χ0) is 16.1. The van der Waals surface area contributed by atoms with Crippen LogP contribution in [0.5, 0.6) is 0 Å². The van der Waals surface area contributed by atoms with E-state index in [9.17, 15) is 0 Å². The normalized spacial score (nSPS) is 11.5. The van der Waals surface area contributed by atoms with Crippen molar-refractivity contribution >= 4 is 27.3 Å². The SMILES string of the molecule is Cn1cc(-c2ccccc2)c2c1c1ccccc1c1cccc[n+]12. The maximum Gasteiger partial charge on any atom is 0.245 e. The van der Waals surface area contributed by atoms with E-state index in [1.807, 2.05) is 0 Å². The highest BCUT2D eigenvalue weighted by Crippen LogP contribution is 2.33. The Labute approximate surface area is 140 Å². The van der Waals surface area contributed by atoms with Crippen molar-refractivity contribution in [2.45, 2.75) is 0 Å². The van der Waals surface area contributed by atoms with Crippen molar-refractivity contribution in [3.63, 3.8) is 0 Å². The molecule has 2 aromatic carbocycles. The number of fused-ring (bicyclic) bond motifs is 6. The summed E-state index contributed by atoms with van der Waals surface area (Å²) in [5.41, 5.74) is 6.28. The molecule has 0 bridgehead atoms. The Hall–Kier alpha value is -3.13. The molecule has 0 spiro atoms. The van der Waals surface area contributed by atoms with Gasteiger partial charge in [-0.05, 0) is 17.7 Å². The predicted octanol–water partition coefficient (Wildman–Crippen LogP) is 4.74. The van der Waals surface area contributed by atoms with Gasteiger partial charge in [-0.3, -0.25) is 0 Å². The molecule has 5 aromatic rings. The van der Waals surface area contributed by atoms with E-state index in [0.717, 1.165) is 0 Å². The monoisotopic (exact) mass is 309 g/mol. The summed E-state index contributed by atoms with van der Waals surface area (Å²) in [4.78, 5) is 0. The second-order valence-corrected chi connectivity index (χ2v) is 6.22. The molecule has 0 unspecified atom stereocenters. The van der Waals surface area contributed by atoms with Crippen molar-refractivity contribution < 1.29 is 4.40 Å². The number of hydrogen-bond donors (Lipinski definition) is 0. The average molecular weight is 309 g/mol. The molecule has 0 N–H and O–H groups in total. The van der Waals surface area contributed by atoms with Crippen LogP contribution in [0.3, 0.4) is 0 Å². The van der Waals surface area contributed by atoms with E-state index >= 15 is 0 Å². The molecule has 3 aromatic heterocycles. The first kappa shape index (κ1) is 13.3. The van der Waals surface area contributed by atoms with Gasteiger partial charge in [-0.25, -0.2) is 0 Å². The van der Waals surface area contributed by atoms with E-state index in [1.54, 1.807) is 0 Å². The van der Waals surface area contributed by atoms with Crippen LogP contribution in [0.25, 0.3) is 38.4 Å². The van der Waals surface area contributed by atoms with Crippen LogP contribution in [0.4, 0.5) is 0 Å². The third-order valence-electron chi connectivity index (χ3n) is 4.80. The molecule has 3 heterocycles. The highest BCUT2D eigenvalue weighted by Gasteiger charge is 2.22. The summed E-state index contributed by atoms with van der Waals surface area (Å²) < 4.78 is 4.57. The summed E-state index contributed by atoms with van der Waals surface area (Å²) in [6, 6.07) is 25.7. The van der Waals surface area contributed by atoms with Crippen molar-refractivity contribution in [3.05, 3.63) is 85.2 Å². The lowest BCUT2D eigenvalue weighted by molar-refractivity contribution is -0.480. The summed E-state index contributed by atoms with van der Waals surface area (Å²) in [5, 5.41) is 2.58. The summed E-state index contributed by atoms with van der Waals surface area (Å²) in [5.74, 6) is 0. The van der Waals surface area contributed by atoms with Gasteiger partial charge in [-0.15, -0.1) is 0 Å². The Balaban J connectivity index is 2.09. The summed E-state index contributed by atoms with van der Waals surface area (Å²) in [6.45, 7) is 0. The van der Waals surface area contributed by atoms with E-state index in [-0.39, 0.29) is 0 Å². The maximum absolute atomic E-state index is 2.32. The van der Waals surface area contributed by atoms with Gasteiger partial charge in [0.25, 0.3) is 0 Å². The molecule has 2 heteroatoms. The highest BCUT2D eigenvalue weighted by molar-refractivity contribution is 6.11. The Morgan fingerprint density at radius 1 is 0.750 bits per heavy atom. The second kappa shape index (κ2) is 4.93. The fourth-order valence-corrected chi connectivity index (χ4v) is 3.77. The van der Waals surface area contributed by atoms with Crippen LogP contribution in [0.15, 0.2) is 85.2 Å². The number of benzene rings is 2. The lowest BCUT2D eigenvalue weighted by Crippen LogP contribution is -2.22. The number of pyridine rings is 2. The number of nitrogens with zero attached hydrogens (tertiary/aromatic N) is 2. The molecule has 0 fully saturated rings. The van der Waals surface area contributed by atoms with Gasteiger partial charge in [0.15, 0.2) is 6.20 Å². The molecular weight excluding hydrogens is 292 g/mol. The summed E-state index contributed by atoms with van der Waals surface area (Å²) in [7, 11) is 2.14. The van der Waals surface area contributed by atoms with E-state index in [2.05, 4.69) is 101 Å². The molecule has 0 amide bonds. The van der Waals surface area contributed by atoms with E-state index in [1.165, 1.54) is 38.4 Å². The number of rotatable bonds is 1. The smallest absolute Gasteiger partial charge is 0.245 e. The van der Waals surface area contributed by atoms with Crippen molar-refractivity contribution in [3.8, 4) is 11.1 Å². The zero-order valence-corrected chi connectivity index (χ0v) is 13.5. The quantitative estimate of drug-likeness (QED) is 0.312. The minimum absolute atomic E-state index is 1.24. The average Bonchev–Trinajstić information content (AvgIpc) is 3.01. The molecule has 114 valence electrons. The molecule has 2 nitrogen and oxygen atoms in total. The molecular formula is C22H17N2+. The van der Waals surface area contributed by atoms with Crippen LogP contribution in [0.1, 0.15) is 0 Å². The van der Waals surface area contributed by atoms with Crippen LogP contribution >= 0.6 is 0 Å². The van der Waals surface area contributed by atoms with E-state index < -0.39 is 0 Å². The summed E-state index contributed by atoms with van der Waals surface area (Å²) in [6.07, 6.45) is 4.41. The number of hydrogen-bond acceptors (Lipinski definition) is 0. The van der Waals surface area contributed by atoms with Crippen LogP contribution in [0.2, 0.25) is 0 Å². The van der Waals surface area contributed by atoms with Crippen molar-refractivity contribution in [2.75, 3.05) is 0 Å². The van der Waals surface area contributed by atoms with Gasteiger partial charge >= 0.3 is 0 Å². The van der Waals surface area contributed by atoms with Gasteiger partial charge in [-0.1, -0.05) is 48.5 Å². The molecule has 0 aliphatic heterocycles. The number of aromatic nitrogens is 2. The minimum Gasteiger partial charge on any atom is -0.344 e. The molecule has 0 saturated carbocycles. The molecule has 5 rings (SSSR count). The molecule has 0 radical (unpaired) electrons. The fourth-order valence-electron chi connectivity index (χ4n) is 3.77. The molecule has 0 aliphatic rings.